The monoisotopic (exact) mass is 277 g/mol. The molecular weight excluding hydrogens is 265 g/mol. The third-order valence-corrected chi connectivity index (χ3v) is 2.99. The Hall–Kier alpha value is -1.71. The number of carbonyl (C=O) groups is 1. The van der Waals surface area contributed by atoms with Crippen LogP contribution in [0.15, 0.2) is 23.1 Å². The van der Waals surface area contributed by atoms with E-state index in [0.29, 0.717) is 0 Å². The largest absolute Gasteiger partial charge is 0.381 e. The number of hydrogen-bond donors (Lipinski definition) is 4. The molecule has 0 aliphatic carbocycles. The van der Waals surface area contributed by atoms with E-state index in [1.807, 2.05) is 0 Å². The highest BCUT2D eigenvalue weighted by atomic mass is 32.2. The van der Waals surface area contributed by atoms with Crippen LogP contribution < -0.4 is 16.2 Å². The number of nitrogens with one attached hydrogen (secondary N) is 1. The van der Waals surface area contributed by atoms with Gasteiger partial charge in [0, 0.05) is 6.54 Å². The van der Waals surface area contributed by atoms with E-state index in [1.54, 1.807) is 0 Å². The molecule has 0 saturated heterocycles. The van der Waals surface area contributed by atoms with Crippen molar-refractivity contribution in [2.75, 3.05) is 11.9 Å². The van der Waals surface area contributed by atoms with Crippen molar-refractivity contribution in [1.82, 2.24) is 0 Å². The van der Waals surface area contributed by atoms with Gasteiger partial charge in [0.05, 0.1) is 10.6 Å². The van der Waals surface area contributed by atoms with E-state index in [-0.39, 0.29) is 17.1 Å². The number of hydrogen-bond acceptors (Lipinski definition) is 5. The van der Waals surface area contributed by atoms with E-state index in [4.69, 9.17) is 16.0 Å². The smallest absolute Gasteiger partial charge is 0.248 e. The Bertz CT molecular complexity index is 561. The van der Waals surface area contributed by atoms with E-state index in [0.717, 1.165) is 18.2 Å². The summed E-state index contributed by atoms with van der Waals surface area (Å²) in [6.45, 7) is -0.291. The van der Waals surface area contributed by atoms with Crippen molar-refractivity contribution in [2.45, 2.75) is 11.0 Å². The molecule has 1 rings (SSSR count). The lowest BCUT2D eigenvalue weighted by Gasteiger charge is -2.11. The zero-order chi connectivity index (χ0) is 13.9. The summed E-state index contributed by atoms with van der Waals surface area (Å²) in [5, 5.41) is 16.3. The van der Waals surface area contributed by atoms with Crippen LogP contribution in [0, 0.1) is 5.82 Å². The van der Waals surface area contributed by atoms with Crippen molar-refractivity contribution in [3.63, 3.8) is 0 Å². The number of rotatable bonds is 5. The number of aliphatic hydroxyl groups is 1. The molecule has 1 atom stereocenters. The molecule has 1 aromatic carbocycles. The van der Waals surface area contributed by atoms with Crippen molar-refractivity contribution in [3.05, 3.63) is 24.0 Å². The van der Waals surface area contributed by atoms with Crippen LogP contribution in [-0.2, 0) is 14.8 Å². The number of nitrogens with two attached hydrogens (primary N) is 2. The summed E-state index contributed by atoms with van der Waals surface area (Å²) < 4.78 is 35.3. The van der Waals surface area contributed by atoms with Crippen LogP contribution in [0.4, 0.5) is 10.1 Å². The molecule has 0 heterocycles. The summed E-state index contributed by atoms with van der Waals surface area (Å²) in [6.07, 6.45) is -1.47. The second-order valence-electron chi connectivity index (χ2n) is 3.49. The van der Waals surface area contributed by atoms with E-state index < -0.39 is 27.9 Å². The zero-order valence-electron chi connectivity index (χ0n) is 9.13. The summed E-state index contributed by atoms with van der Waals surface area (Å²) >= 11 is 0. The first-order valence-corrected chi connectivity index (χ1v) is 6.30. The summed E-state index contributed by atoms with van der Waals surface area (Å²) in [4.78, 5) is 10.2. The van der Waals surface area contributed by atoms with Crippen LogP contribution in [0.1, 0.15) is 0 Å². The molecule has 18 heavy (non-hydrogen) atoms. The number of primary sulfonamides is 1. The number of carbonyl (C=O) groups excluding carboxylic acids is 1. The van der Waals surface area contributed by atoms with Crippen molar-refractivity contribution >= 4 is 21.6 Å². The van der Waals surface area contributed by atoms with Crippen LogP contribution in [0.2, 0.25) is 0 Å². The molecule has 0 aromatic heterocycles. The molecular formula is C9H12FN3O4S. The molecule has 0 saturated carbocycles. The Morgan fingerprint density at radius 3 is 2.56 bits per heavy atom. The quantitative estimate of drug-likeness (QED) is 0.532. The standard InChI is InChI=1S/C9H12FN3O4S/c10-6-3-5(18(12,16)17)1-2-7(6)13-4-8(14)9(11)15/h1-3,8,13-14H,4H2,(H2,11,15)(H2,12,16,17). The molecule has 1 amide bonds. The number of benzene rings is 1. The Morgan fingerprint density at radius 1 is 1.50 bits per heavy atom. The highest BCUT2D eigenvalue weighted by Gasteiger charge is 2.14. The molecule has 0 radical (unpaired) electrons. The summed E-state index contributed by atoms with van der Waals surface area (Å²) in [6, 6.07) is 2.95. The lowest BCUT2D eigenvalue weighted by atomic mass is 10.2. The maximum absolute atomic E-state index is 13.5. The number of amides is 1. The molecule has 6 N–H and O–H groups in total. The fourth-order valence-corrected chi connectivity index (χ4v) is 1.65. The summed E-state index contributed by atoms with van der Waals surface area (Å²) in [7, 11) is -3.98. The normalized spacial score (nSPS) is 13.1. The highest BCUT2D eigenvalue weighted by Crippen LogP contribution is 2.17. The lowest BCUT2D eigenvalue weighted by molar-refractivity contribution is -0.125. The summed E-state index contributed by atoms with van der Waals surface area (Å²) in [5.74, 6) is -1.83. The van der Waals surface area contributed by atoms with Crippen molar-refractivity contribution in [3.8, 4) is 0 Å². The second-order valence-corrected chi connectivity index (χ2v) is 5.05. The predicted molar refractivity (Wildman–Crippen MR) is 61.5 cm³/mol. The van der Waals surface area contributed by atoms with Gasteiger partial charge in [-0.15, -0.1) is 0 Å². The highest BCUT2D eigenvalue weighted by molar-refractivity contribution is 7.89. The van der Waals surface area contributed by atoms with E-state index in [1.165, 1.54) is 0 Å². The number of anilines is 1. The van der Waals surface area contributed by atoms with Crippen LogP contribution in [-0.4, -0.2) is 32.1 Å². The van der Waals surface area contributed by atoms with Gasteiger partial charge in [0.15, 0.2) is 0 Å². The van der Waals surface area contributed by atoms with Crippen molar-refractivity contribution in [2.24, 2.45) is 10.9 Å². The van der Waals surface area contributed by atoms with E-state index in [9.17, 15) is 17.6 Å². The van der Waals surface area contributed by atoms with Crippen LogP contribution in [0.25, 0.3) is 0 Å². The van der Waals surface area contributed by atoms with Crippen molar-refractivity contribution in [1.29, 1.82) is 0 Å². The SMILES string of the molecule is NC(=O)C(O)CNc1ccc(S(N)(=O)=O)cc1F. The molecule has 0 aliphatic rings. The van der Waals surface area contributed by atoms with Crippen molar-refractivity contribution < 1.29 is 22.7 Å². The molecule has 100 valence electrons. The van der Waals surface area contributed by atoms with Gasteiger partial charge in [0.2, 0.25) is 15.9 Å². The van der Waals surface area contributed by atoms with Gasteiger partial charge in [0.1, 0.15) is 11.9 Å². The Kier molecular flexibility index (Phi) is 4.22. The van der Waals surface area contributed by atoms with Crippen LogP contribution >= 0.6 is 0 Å². The minimum absolute atomic E-state index is 0.0808. The molecule has 9 heteroatoms. The molecule has 0 fully saturated rings. The average molecular weight is 277 g/mol. The molecule has 1 aromatic rings. The molecule has 7 nitrogen and oxygen atoms in total. The molecule has 0 spiro atoms. The van der Waals surface area contributed by atoms with E-state index in [2.05, 4.69) is 5.32 Å². The first-order chi connectivity index (χ1) is 8.21. The minimum atomic E-state index is -3.98. The Morgan fingerprint density at radius 2 is 2.11 bits per heavy atom. The number of halogens is 1. The molecule has 1 unspecified atom stereocenters. The second kappa shape index (κ2) is 5.29. The van der Waals surface area contributed by atoms with Gasteiger partial charge in [-0.2, -0.15) is 0 Å². The first kappa shape index (κ1) is 14.4. The molecule has 0 bridgehead atoms. The fraction of sp³-hybridized carbons (Fsp3) is 0.222. The zero-order valence-corrected chi connectivity index (χ0v) is 9.95. The number of aliphatic hydroxyl groups excluding tert-OH is 1. The minimum Gasteiger partial charge on any atom is -0.381 e. The topological polar surface area (TPSA) is 136 Å². The van der Waals surface area contributed by atoms with Gasteiger partial charge < -0.3 is 16.2 Å². The van der Waals surface area contributed by atoms with Gasteiger partial charge in [0.25, 0.3) is 0 Å². The fourth-order valence-electron chi connectivity index (χ4n) is 1.12. The lowest BCUT2D eigenvalue weighted by Crippen LogP contribution is -2.34. The number of primary amides is 1. The number of sulfonamides is 1. The van der Waals surface area contributed by atoms with Gasteiger partial charge >= 0.3 is 0 Å². The maximum Gasteiger partial charge on any atom is 0.248 e. The van der Waals surface area contributed by atoms with Gasteiger partial charge in [-0.25, -0.2) is 17.9 Å². The van der Waals surface area contributed by atoms with Crippen LogP contribution in [0.3, 0.4) is 0 Å². The van der Waals surface area contributed by atoms with Gasteiger partial charge in [-0.1, -0.05) is 0 Å². The van der Waals surface area contributed by atoms with Gasteiger partial charge in [-0.05, 0) is 18.2 Å². The van der Waals surface area contributed by atoms with Crippen LogP contribution in [0.5, 0.6) is 0 Å². The third kappa shape index (κ3) is 3.65. The summed E-state index contributed by atoms with van der Waals surface area (Å²) in [5.41, 5.74) is 4.72. The Balaban J connectivity index is 2.84. The molecule has 0 aliphatic heterocycles. The first-order valence-electron chi connectivity index (χ1n) is 4.75. The average Bonchev–Trinajstić information content (AvgIpc) is 2.25. The maximum atomic E-state index is 13.5. The van der Waals surface area contributed by atoms with Gasteiger partial charge in [-0.3, -0.25) is 4.79 Å². The predicted octanol–water partition coefficient (Wildman–Crippen LogP) is -1.27. The third-order valence-electron chi connectivity index (χ3n) is 2.08. The Labute approximate surface area is 103 Å². The van der Waals surface area contributed by atoms with E-state index >= 15 is 0 Å².